The fraction of sp³-hybridized carbons (Fsp3) is 0.545. The van der Waals surface area contributed by atoms with E-state index in [0.717, 1.165) is 17.4 Å². The van der Waals surface area contributed by atoms with Crippen molar-refractivity contribution in [2.75, 3.05) is 26.9 Å². The van der Waals surface area contributed by atoms with Gasteiger partial charge in [-0.2, -0.15) is 0 Å². The van der Waals surface area contributed by atoms with Crippen molar-refractivity contribution in [1.29, 1.82) is 0 Å². The van der Waals surface area contributed by atoms with E-state index < -0.39 is 16.8 Å². The quantitative estimate of drug-likeness (QED) is 0.342. The van der Waals surface area contributed by atoms with Crippen LogP contribution in [0.5, 0.6) is 5.19 Å². The summed E-state index contributed by atoms with van der Waals surface area (Å²) in [6.45, 7) is 6.46. The van der Waals surface area contributed by atoms with Crippen LogP contribution in [0.3, 0.4) is 0 Å². The minimum Gasteiger partial charge on any atom is -0.622 e. The van der Waals surface area contributed by atoms with E-state index in [4.69, 9.17) is 9.47 Å². The Morgan fingerprint density at radius 1 is 1.70 bits per heavy atom. The van der Waals surface area contributed by atoms with E-state index in [2.05, 4.69) is 16.8 Å². The van der Waals surface area contributed by atoms with Crippen molar-refractivity contribution >= 4 is 22.4 Å². The number of rotatable bonds is 5. The maximum atomic E-state index is 13.0. The highest BCUT2D eigenvalue weighted by atomic mass is 32.1. The molecule has 0 spiro atoms. The maximum absolute atomic E-state index is 13.0. The average Bonchev–Trinajstić information content (AvgIpc) is 3.05. The molecule has 2 heterocycles. The summed E-state index contributed by atoms with van der Waals surface area (Å²) in [6, 6.07) is 0. The van der Waals surface area contributed by atoms with Gasteiger partial charge in [0.15, 0.2) is 0 Å². The number of esters is 1. The van der Waals surface area contributed by atoms with Crippen LogP contribution in [0.2, 0.25) is 0 Å². The Morgan fingerprint density at radius 3 is 3.00 bits per heavy atom. The molecule has 110 valence electrons. The van der Waals surface area contributed by atoms with Gasteiger partial charge in [0.2, 0.25) is 0 Å². The van der Waals surface area contributed by atoms with Gasteiger partial charge >= 0.3 is 11.1 Å². The SMILES string of the molecule is C=CC(=O)OC1CN(CC)C[N+]1([O-])c1nnc(OC)s1. The number of methoxy groups -OCH3 is 1. The van der Waals surface area contributed by atoms with Crippen molar-refractivity contribution in [3.8, 4) is 5.19 Å². The lowest BCUT2D eigenvalue weighted by Crippen LogP contribution is -2.50. The molecule has 0 N–H and O–H groups in total. The molecule has 0 amide bonds. The molecule has 1 aliphatic rings. The Labute approximate surface area is 120 Å². The third-order valence-corrected chi connectivity index (χ3v) is 4.05. The molecule has 1 fully saturated rings. The van der Waals surface area contributed by atoms with Crippen molar-refractivity contribution in [3.63, 3.8) is 0 Å². The minimum absolute atomic E-state index is 0.157. The van der Waals surface area contributed by atoms with E-state index >= 15 is 0 Å². The zero-order valence-corrected chi connectivity index (χ0v) is 12.1. The summed E-state index contributed by atoms with van der Waals surface area (Å²) in [5.74, 6) is -0.622. The molecule has 8 nitrogen and oxygen atoms in total. The fourth-order valence-corrected chi connectivity index (χ4v) is 2.69. The van der Waals surface area contributed by atoms with Crippen LogP contribution in [0, 0.1) is 5.21 Å². The second-order valence-electron chi connectivity index (χ2n) is 4.26. The molecule has 0 bridgehead atoms. The van der Waals surface area contributed by atoms with E-state index in [1.165, 1.54) is 7.11 Å². The van der Waals surface area contributed by atoms with Crippen molar-refractivity contribution in [3.05, 3.63) is 17.9 Å². The highest BCUT2D eigenvalue weighted by Gasteiger charge is 2.45. The summed E-state index contributed by atoms with van der Waals surface area (Å²) in [6.07, 6.45) is 0.165. The Hall–Kier alpha value is -1.55. The number of carbonyl (C=O) groups is 1. The number of hydroxylamine groups is 2. The minimum atomic E-state index is -0.877. The van der Waals surface area contributed by atoms with Crippen LogP contribution in [0.25, 0.3) is 0 Å². The van der Waals surface area contributed by atoms with Crippen molar-refractivity contribution in [2.45, 2.75) is 13.2 Å². The third-order valence-electron chi connectivity index (χ3n) is 3.05. The predicted octanol–water partition coefficient (Wildman–Crippen LogP) is 0.700. The van der Waals surface area contributed by atoms with Crippen LogP contribution in [0.15, 0.2) is 12.7 Å². The molecule has 0 aliphatic carbocycles. The lowest BCUT2D eigenvalue weighted by Gasteiger charge is -2.37. The molecule has 1 aliphatic heterocycles. The molecule has 1 aromatic rings. The smallest absolute Gasteiger partial charge is 0.334 e. The number of hydrogen-bond acceptors (Lipinski definition) is 8. The molecule has 2 unspecified atom stereocenters. The van der Waals surface area contributed by atoms with E-state index in [0.29, 0.717) is 18.3 Å². The number of nitrogens with zero attached hydrogens (tertiary/aromatic N) is 4. The van der Waals surface area contributed by atoms with Gasteiger partial charge in [0.25, 0.3) is 11.4 Å². The Bertz CT molecular complexity index is 508. The Balaban J connectivity index is 2.28. The molecule has 2 rings (SSSR count). The van der Waals surface area contributed by atoms with Gasteiger partial charge in [-0.15, -0.1) is 0 Å². The number of hydrogen-bond donors (Lipinski definition) is 0. The van der Waals surface area contributed by atoms with Gasteiger partial charge in [-0.1, -0.05) is 23.7 Å². The maximum Gasteiger partial charge on any atom is 0.334 e. The number of quaternary nitrogens is 1. The first-order chi connectivity index (χ1) is 9.53. The zero-order valence-electron chi connectivity index (χ0n) is 11.3. The van der Waals surface area contributed by atoms with Crippen LogP contribution in [-0.2, 0) is 9.53 Å². The molecule has 0 saturated carbocycles. The lowest BCUT2D eigenvalue weighted by molar-refractivity contribution is -0.147. The first-order valence-corrected chi connectivity index (χ1v) is 6.87. The fourth-order valence-electron chi connectivity index (χ4n) is 1.95. The molecule has 1 saturated heterocycles. The molecular weight excluding hydrogens is 284 g/mol. The number of likely N-dealkylation sites (N-methyl/N-ethyl adjacent to an activating group) is 1. The van der Waals surface area contributed by atoms with Crippen LogP contribution < -0.4 is 9.38 Å². The molecule has 9 heteroatoms. The second-order valence-corrected chi connectivity index (χ2v) is 5.18. The van der Waals surface area contributed by atoms with E-state index in [9.17, 15) is 10.0 Å². The van der Waals surface area contributed by atoms with Gasteiger partial charge in [-0.3, -0.25) is 4.65 Å². The van der Waals surface area contributed by atoms with Crippen molar-refractivity contribution in [1.82, 2.24) is 19.7 Å². The summed E-state index contributed by atoms with van der Waals surface area (Å²) < 4.78 is 9.25. The highest BCUT2D eigenvalue weighted by molar-refractivity contribution is 7.16. The van der Waals surface area contributed by atoms with Crippen LogP contribution >= 0.6 is 11.3 Å². The first kappa shape index (κ1) is 14.9. The summed E-state index contributed by atoms with van der Waals surface area (Å²) >= 11 is 1.05. The average molecular weight is 300 g/mol. The van der Waals surface area contributed by atoms with Gasteiger partial charge in [0.1, 0.15) is 6.67 Å². The summed E-state index contributed by atoms with van der Waals surface area (Å²) in [5, 5.41) is 21.1. The van der Waals surface area contributed by atoms with Gasteiger partial charge in [0.05, 0.1) is 13.7 Å². The van der Waals surface area contributed by atoms with E-state index in [-0.39, 0.29) is 11.8 Å². The van der Waals surface area contributed by atoms with Crippen LogP contribution in [0.4, 0.5) is 5.13 Å². The molecule has 2 atom stereocenters. The number of aromatic nitrogens is 2. The standard InChI is InChI=1S/C11H16N4O4S/c1-4-9(16)19-8-6-14(5-2)7-15(8,17)10-12-13-11(18-3)20-10/h4,8H,1,5-7H2,2-3H3. The van der Waals surface area contributed by atoms with Gasteiger partial charge in [0, 0.05) is 24.0 Å². The molecule has 0 radical (unpaired) electrons. The second kappa shape index (κ2) is 5.83. The third kappa shape index (κ3) is 2.66. The Morgan fingerprint density at radius 2 is 2.45 bits per heavy atom. The van der Waals surface area contributed by atoms with Gasteiger partial charge < -0.3 is 14.7 Å². The van der Waals surface area contributed by atoms with Gasteiger partial charge in [-0.25, -0.2) is 9.69 Å². The first-order valence-electron chi connectivity index (χ1n) is 6.05. The highest BCUT2D eigenvalue weighted by Crippen LogP contribution is 2.36. The monoisotopic (exact) mass is 300 g/mol. The van der Waals surface area contributed by atoms with Crippen molar-refractivity contribution in [2.24, 2.45) is 0 Å². The normalized spacial score (nSPS) is 26.4. The summed E-state index contributed by atoms with van der Waals surface area (Å²) in [5.41, 5.74) is 0. The summed E-state index contributed by atoms with van der Waals surface area (Å²) in [4.78, 5) is 13.3. The molecule has 20 heavy (non-hydrogen) atoms. The Kier molecular flexibility index (Phi) is 4.33. The van der Waals surface area contributed by atoms with Crippen LogP contribution in [0.1, 0.15) is 6.92 Å². The lowest BCUT2D eigenvalue weighted by atomic mass is 10.5. The zero-order chi connectivity index (χ0) is 14.8. The van der Waals surface area contributed by atoms with Gasteiger partial charge in [-0.05, 0) is 0 Å². The van der Waals surface area contributed by atoms with E-state index in [1.807, 2.05) is 11.8 Å². The number of carbonyl (C=O) groups excluding carboxylic acids is 1. The van der Waals surface area contributed by atoms with E-state index in [1.54, 1.807) is 0 Å². The number of ether oxygens (including phenoxy) is 2. The molecular formula is C11H16N4O4S. The van der Waals surface area contributed by atoms with Crippen LogP contribution in [-0.4, -0.2) is 54.2 Å². The van der Waals surface area contributed by atoms with Crippen molar-refractivity contribution < 1.29 is 14.3 Å². The molecule has 0 aromatic carbocycles. The topological polar surface area (TPSA) is 87.6 Å². The largest absolute Gasteiger partial charge is 0.622 e. The summed E-state index contributed by atoms with van der Waals surface area (Å²) in [7, 11) is 1.46. The molecule has 1 aromatic heterocycles. The predicted molar refractivity (Wildman–Crippen MR) is 73.8 cm³/mol.